The van der Waals surface area contributed by atoms with Crippen molar-refractivity contribution in [3.8, 4) is 5.75 Å². The van der Waals surface area contributed by atoms with Crippen LogP contribution in [-0.4, -0.2) is 16.6 Å². The fourth-order valence-electron chi connectivity index (χ4n) is 1.61. The normalized spacial score (nSPS) is 11.0. The molecule has 7 nitrogen and oxygen atoms in total. The van der Waals surface area contributed by atoms with Gasteiger partial charge in [-0.1, -0.05) is 29.8 Å². The molecule has 0 unspecified atom stereocenters. The Balaban J connectivity index is 2.20. The van der Waals surface area contributed by atoms with E-state index >= 15 is 0 Å². The van der Waals surface area contributed by atoms with Gasteiger partial charge in [-0.3, -0.25) is 20.3 Å². The number of halogens is 1. The van der Waals surface area contributed by atoms with E-state index in [0.29, 0.717) is 10.7 Å². The van der Waals surface area contributed by atoms with Gasteiger partial charge in [0.1, 0.15) is 5.75 Å². The molecule has 2 aromatic rings. The Bertz CT molecular complexity index is 777. The van der Waals surface area contributed by atoms with Crippen molar-refractivity contribution < 1.29 is 14.5 Å². The van der Waals surface area contributed by atoms with E-state index in [1.807, 2.05) is 0 Å². The molecular formula is C15H12ClN3O4. The number of Topliss-reactive ketones (excluding diaryl/α,β-unsaturated/α-hetero) is 1. The second-order valence-electron chi connectivity index (χ2n) is 4.42. The Morgan fingerprint density at radius 2 is 2.00 bits per heavy atom. The molecule has 1 N–H and O–H groups in total. The number of hydrogen-bond acceptors (Lipinski definition) is 6. The van der Waals surface area contributed by atoms with Crippen LogP contribution in [0.1, 0.15) is 6.92 Å². The van der Waals surface area contributed by atoms with E-state index in [-0.39, 0.29) is 17.3 Å². The topological polar surface area (TPSA) is 93.8 Å². The molecule has 0 aliphatic rings. The molecule has 0 saturated carbocycles. The highest BCUT2D eigenvalue weighted by atomic mass is 35.5. The number of para-hydroxylation sites is 1. The molecule has 0 atom stereocenters. The summed E-state index contributed by atoms with van der Waals surface area (Å²) in [7, 11) is 0. The molecule has 0 radical (unpaired) electrons. The van der Waals surface area contributed by atoms with Crippen LogP contribution < -0.4 is 10.2 Å². The van der Waals surface area contributed by atoms with Crippen LogP contribution in [0, 0.1) is 10.1 Å². The molecule has 8 heteroatoms. The number of benzene rings is 2. The molecule has 0 aliphatic carbocycles. The second-order valence-corrected chi connectivity index (χ2v) is 4.83. The first-order valence-corrected chi connectivity index (χ1v) is 6.86. The van der Waals surface area contributed by atoms with E-state index in [9.17, 15) is 14.9 Å². The van der Waals surface area contributed by atoms with E-state index in [4.69, 9.17) is 16.3 Å². The zero-order valence-electron chi connectivity index (χ0n) is 12.0. The summed E-state index contributed by atoms with van der Waals surface area (Å²) in [4.78, 5) is 21.8. The Kier molecular flexibility index (Phi) is 5.27. The number of nitrogens with zero attached hydrogens (tertiary/aromatic N) is 2. The summed E-state index contributed by atoms with van der Waals surface area (Å²) in [5.41, 5.74) is 2.98. The van der Waals surface area contributed by atoms with Crippen LogP contribution >= 0.6 is 11.6 Å². The van der Waals surface area contributed by atoms with Crippen molar-refractivity contribution in [3.05, 3.63) is 63.7 Å². The molecule has 2 rings (SSSR count). The van der Waals surface area contributed by atoms with Gasteiger partial charge in [0.15, 0.2) is 0 Å². The standard InChI is InChI=1S/C15H12ClN3O4/c1-10(20)15(18-17-14-8-3-2-7-13(14)16)23-12-6-4-5-11(9-12)19(21)22/h2-9,17H,1H3/b18-15-. The molecule has 0 amide bonds. The SMILES string of the molecule is CC(=O)/C(=N/Nc1ccccc1Cl)Oc1cccc([N+](=O)[O-])c1. The number of non-ortho nitro benzene ring substituents is 1. The second kappa shape index (κ2) is 7.37. The van der Waals surface area contributed by atoms with E-state index in [2.05, 4.69) is 10.5 Å². The number of carbonyl (C=O) groups excluding carboxylic acids is 1. The number of nitro groups is 1. The van der Waals surface area contributed by atoms with Crippen molar-refractivity contribution in [2.45, 2.75) is 6.92 Å². The zero-order chi connectivity index (χ0) is 16.8. The van der Waals surface area contributed by atoms with Gasteiger partial charge in [-0.25, -0.2) is 0 Å². The molecule has 23 heavy (non-hydrogen) atoms. The highest BCUT2D eigenvalue weighted by Gasteiger charge is 2.12. The van der Waals surface area contributed by atoms with E-state index in [1.165, 1.54) is 31.2 Å². The number of rotatable bonds is 5. The summed E-state index contributed by atoms with van der Waals surface area (Å²) in [5.74, 6) is -0.560. The predicted octanol–water partition coefficient (Wildman–Crippen LogP) is 3.64. The number of anilines is 1. The third-order valence-electron chi connectivity index (χ3n) is 2.70. The van der Waals surface area contributed by atoms with Crippen LogP contribution in [0.4, 0.5) is 11.4 Å². The van der Waals surface area contributed by atoms with E-state index in [1.54, 1.807) is 24.3 Å². The Morgan fingerprint density at radius 3 is 2.65 bits per heavy atom. The number of ether oxygens (including phenoxy) is 1. The lowest BCUT2D eigenvalue weighted by Gasteiger charge is -2.07. The molecular weight excluding hydrogens is 322 g/mol. The molecule has 0 aliphatic heterocycles. The summed E-state index contributed by atoms with van der Waals surface area (Å²) < 4.78 is 5.32. The summed E-state index contributed by atoms with van der Waals surface area (Å²) in [5, 5.41) is 15.0. The number of ketones is 1. The first-order valence-electron chi connectivity index (χ1n) is 6.49. The number of nitrogens with one attached hydrogen (secondary N) is 1. The van der Waals surface area contributed by atoms with Crippen LogP contribution in [0.2, 0.25) is 5.02 Å². The maximum absolute atomic E-state index is 11.6. The molecule has 0 saturated heterocycles. The minimum atomic E-state index is -0.556. The first kappa shape index (κ1) is 16.4. The molecule has 118 valence electrons. The minimum Gasteiger partial charge on any atom is -0.435 e. The third-order valence-corrected chi connectivity index (χ3v) is 3.03. The maximum Gasteiger partial charge on any atom is 0.280 e. The van der Waals surface area contributed by atoms with Gasteiger partial charge in [0.25, 0.3) is 11.6 Å². The van der Waals surface area contributed by atoms with Gasteiger partial charge in [0.2, 0.25) is 5.78 Å². The molecule has 0 spiro atoms. The van der Waals surface area contributed by atoms with Crippen LogP contribution in [0.25, 0.3) is 0 Å². The van der Waals surface area contributed by atoms with Crippen LogP contribution in [0.5, 0.6) is 5.75 Å². The summed E-state index contributed by atoms with van der Waals surface area (Å²) >= 11 is 5.97. The number of carbonyl (C=O) groups is 1. The molecule has 0 aromatic heterocycles. The van der Waals surface area contributed by atoms with Gasteiger partial charge >= 0.3 is 0 Å². The fourth-order valence-corrected chi connectivity index (χ4v) is 1.79. The van der Waals surface area contributed by atoms with Gasteiger partial charge < -0.3 is 4.74 Å². The average Bonchev–Trinajstić information content (AvgIpc) is 2.52. The van der Waals surface area contributed by atoms with Gasteiger partial charge in [-0.2, -0.15) is 0 Å². The highest BCUT2D eigenvalue weighted by Crippen LogP contribution is 2.21. The summed E-state index contributed by atoms with van der Waals surface area (Å²) in [6.07, 6.45) is 0. The predicted molar refractivity (Wildman–Crippen MR) is 86.9 cm³/mol. The van der Waals surface area contributed by atoms with Crippen LogP contribution in [-0.2, 0) is 4.79 Å². The van der Waals surface area contributed by atoms with Gasteiger partial charge in [-0.15, -0.1) is 5.10 Å². The lowest BCUT2D eigenvalue weighted by atomic mass is 10.3. The smallest absolute Gasteiger partial charge is 0.280 e. The van der Waals surface area contributed by atoms with Crippen molar-refractivity contribution >= 4 is 34.7 Å². The van der Waals surface area contributed by atoms with Crippen LogP contribution in [0.15, 0.2) is 53.6 Å². The Morgan fingerprint density at radius 1 is 1.26 bits per heavy atom. The fraction of sp³-hybridized carbons (Fsp3) is 0.0667. The molecule has 0 heterocycles. The van der Waals surface area contributed by atoms with Gasteiger partial charge in [0, 0.05) is 13.0 Å². The number of hydrazone groups is 1. The zero-order valence-corrected chi connectivity index (χ0v) is 12.8. The van der Waals surface area contributed by atoms with Crippen molar-refractivity contribution in [2.24, 2.45) is 5.10 Å². The van der Waals surface area contributed by atoms with E-state index < -0.39 is 10.7 Å². The third kappa shape index (κ3) is 4.52. The quantitative estimate of drug-likeness (QED) is 0.390. The van der Waals surface area contributed by atoms with Crippen molar-refractivity contribution in [1.82, 2.24) is 0 Å². The minimum absolute atomic E-state index is 0.133. The molecule has 0 bridgehead atoms. The molecule has 0 fully saturated rings. The average molecular weight is 334 g/mol. The summed E-state index contributed by atoms with van der Waals surface area (Å²) in [6.45, 7) is 1.27. The maximum atomic E-state index is 11.6. The van der Waals surface area contributed by atoms with E-state index in [0.717, 1.165) is 0 Å². The number of hydrogen-bond donors (Lipinski definition) is 1. The van der Waals surface area contributed by atoms with Gasteiger partial charge in [-0.05, 0) is 18.2 Å². The lowest BCUT2D eigenvalue weighted by Crippen LogP contribution is -2.19. The van der Waals surface area contributed by atoms with Crippen LogP contribution in [0.3, 0.4) is 0 Å². The largest absolute Gasteiger partial charge is 0.435 e. The first-order chi connectivity index (χ1) is 11.0. The van der Waals surface area contributed by atoms with Crippen molar-refractivity contribution in [1.29, 1.82) is 0 Å². The van der Waals surface area contributed by atoms with Gasteiger partial charge in [0.05, 0.1) is 21.7 Å². The highest BCUT2D eigenvalue weighted by molar-refractivity contribution is 6.36. The Hall–Kier alpha value is -2.93. The van der Waals surface area contributed by atoms with Crippen molar-refractivity contribution in [3.63, 3.8) is 0 Å². The summed E-state index contributed by atoms with van der Waals surface area (Å²) in [6, 6.07) is 12.3. The lowest BCUT2D eigenvalue weighted by molar-refractivity contribution is -0.384. The molecule has 2 aromatic carbocycles. The number of nitro benzene ring substituents is 1. The monoisotopic (exact) mass is 333 g/mol. The Labute approximate surface area is 136 Å². The van der Waals surface area contributed by atoms with Crippen molar-refractivity contribution in [2.75, 3.05) is 5.43 Å².